The predicted molar refractivity (Wildman–Crippen MR) is 72.6 cm³/mol. The number of benzene rings is 1. The summed E-state index contributed by atoms with van der Waals surface area (Å²) in [6.45, 7) is 1.93. The number of methoxy groups -OCH3 is 1. The number of nitrogens with one attached hydrogen (secondary N) is 1. The lowest BCUT2D eigenvalue weighted by molar-refractivity contribution is 0.417. The highest BCUT2D eigenvalue weighted by Crippen LogP contribution is 2.34. The van der Waals surface area contributed by atoms with E-state index in [-0.39, 0.29) is 0 Å². The predicted octanol–water partition coefficient (Wildman–Crippen LogP) is 3.44. The molecular weight excluding hydrogens is 258 g/mol. The van der Waals surface area contributed by atoms with Gasteiger partial charge in [0.2, 0.25) is 0 Å². The number of nitrogen functional groups attached to an aromatic ring is 1. The van der Waals surface area contributed by atoms with Crippen molar-refractivity contribution in [3.63, 3.8) is 0 Å². The third-order valence-corrected chi connectivity index (χ3v) is 3.40. The zero-order valence-electron chi connectivity index (χ0n) is 9.45. The average Bonchev–Trinajstić information content (AvgIpc) is 2.69. The van der Waals surface area contributed by atoms with Gasteiger partial charge in [0.15, 0.2) is 5.13 Å². The van der Waals surface area contributed by atoms with Gasteiger partial charge in [-0.2, -0.15) is 0 Å². The Labute approximate surface area is 108 Å². The Balaban J connectivity index is 2.34. The van der Waals surface area contributed by atoms with Gasteiger partial charge in [-0.3, -0.25) is 0 Å². The van der Waals surface area contributed by atoms with E-state index in [0.29, 0.717) is 15.8 Å². The Hall–Kier alpha value is -1.46. The van der Waals surface area contributed by atoms with Gasteiger partial charge in [0.05, 0.1) is 19.0 Å². The van der Waals surface area contributed by atoms with Crippen LogP contribution in [0, 0.1) is 6.92 Å². The van der Waals surface area contributed by atoms with E-state index in [2.05, 4.69) is 10.3 Å². The van der Waals surface area contributed by atoms with E-state index in [4.69, 9.17) is 22.1 Å². The molecule has 0 atom stereocenters. The van der Waals surface area contributed by atoms with Crippen molar-refractivity contribution in [2.75, 3.05) is 18.2 Å². The zero-order chi connectivity index (χ0) is 12.4. The number of aromatic nitrogens is 1. The molecule has 0 aliphatic heterocycles. The number of anilines is 3. The van der Waals surface area contributed by atoms with Crippen molar-refractivity contribution < 1.29 is 4.74 Å². The highest BCUT2D eigenvalue weighted by molar-refractivity contribution is 7.19. The molecule has 1 aromatic heterocycles. The molecule has 0 bridgehead atoms. The van der Waals surface area contributed by atoms with Crippen LogP contribution in [-0.2, 0) is 0 Å². The van der Waals surface area contributed by atoms with Crippen molar-refractivity contribution in [2.24, 2.45) is 0 Å². The van der Waals surface area contributed by atoms with Crippen LogP contribution in [0.2, 0.25) is 5.02 Å². The lowest BCUT2D eigenvalue weighted by atomic mass is 10.2. The third-order valence-electron chi connectivity index (χ3n) is 2.25. The number of ether oxygens (including phenoxy) is 1. The van der Waals surface area contributed by atoms with Gasteiger partial charge in [-0.15, -0.1) is 0 Å². The molecule has 0 amide bonds. The Kier molecular flexibility index (Phi) is 3.40. The summed E-state index contributed by atoms with van der Waals surface area (Å²) in [4.78, 5) is 4.13. The number of rotatable bonds is 3. The standard InChI is InChI=1S/C11H12ClN3OS/c1-6-3-8(9(16-2)4-7(6)12)15-11-14-5-10(13)17-11/h3-5H,13H2,1-2H3,(H,14,15). The maximum absolute atomic E-state index is 6.03. The van der Waals surface area contributed by atoms with Crippen LogP contribution in [0.4, 0.5) is 15.8 Å². The number of thiazole rings is 1. The van der Waals surface area contributed by atoms with E-state index >= 15 is 0 Å². The Morgan fingerprint density at radius 2 is 2.24 bits per heavy atom. The van der Waals surface area contributed by atoms with Crippen molar-refractivity contribution in [3.05, 3.63) is 28.9 Å². The van der Waals surface area contributed by atoms with E-state index in [1.165, 1.54) is 11.3 Å². The number of nitrogens with zero attached hydrogens (tertiary/aromatic N) is 1. The smallest absolute Gasteiger partial charge is 0.189 e. The molecule has 17 heavy (non-hydrogen) atoms. The largest absolute Gasteiger partial charge is 0.495 e. The first-order chi connectivity index (χ1) is 8.10. The summed E-state index contributed by atoms with van der Waals surface area (Å²) < 4.78 is 5.26. The van der Waals surface area contributed by atoms with Gasteiger partial charge >= 0.3 is 0 Å². The fraction of sp³-hybridized carbons (Fsp3) is 0.182. The minimum atomic E-state index is 0.664. The number of aryl methyl sites for hydroxylation is 1. The number of halogens is 1. The molecule has 2 aromatic rings. The minimum absolute atomic E-state index is 0.664. The molecule has 0 fully saturated rings. The first-order valence-electron chi connectivity index (χ1n) is 4.92. The molecule has 0 aliphatic rings. The second-order valence-corrected chi connectivity index (χ2v) is 4.96. The summed E-state index contributed by atoms with van der Waals surface area (Å²) in [5.74, 6) is 0.675. The molecule has 2 rings (SSSR count). The summed E-state index contributed by atoms with van der Waals surface area (Å²) >= 11 is 7.41. The molecule has 4 nitrogen and oxygen atoms in total. The SMILES string of the molecule is COc1cc(Cl)c(C)cc1Nc1ncc(N)s1. The van der Waals surface area contributed by atoms with E-state index in [1.807, 2.05) is 13.0 Å². The Morgan fingerprint density at radius 1 is 1.47 bits per heavy atom. The van der Waals surface area contributed by atoms with Crippen molar-refractivity contribution in [1.29, 1.82) is 0 Å². The van der Waals surface area contributed by atoms with Gasteiger partial charge < -0.3 is 15.8 Å². The van der Waals surface area contributed by atoms with Gasteiger partial charge in [-0.1, -0.05) is 22.9 Å². The van der Waals surface area contributed by atoms with Crippen LogP contribution >= 0.6 is 22.9 Å². The topological polar surface area (TPSA) is 60.2 Å². The average molecular weight is 270 g/mol. The minimum Gasteiger partial charge on any atom is -0.495 e. The molecule has 1 heterocycles. The van der Waals surface area contributed by atoms with E-state index < -0.39 is 0 Å². The van der Waals surface area contributed by atoms with Gasteiger partial charge in [-0.05, 0) is 18.6 Å². The first kappa shape index (κ1) is 12.0. The maximum atomic E-state index is 6.03. The second kappa shape index (κ2) is 4.81. The van der Waals surface area contributed by atoms with Crippen LogP contribution in [0.5, 0.6) is 5.75 Å². The normalized spacial score (nSPS) is 10.3. The molecule has 0 saturated carbocycles. The van der Waals surface area contributed by atoms with Crippen LogP contribution in [0.1, 0.15) is 5.56 Å². The van der Waals surface area contributed by atoms with E-state index in [9.17, 15) is 0 Å². The molecule has 0 saturated heterocycles. The molecular formula is C11H12ClN3OS. The van der Waals surface area contributed by atoms with Crippen LogP contribution in [0.15, 0.2) is 18.3 Å². The lowest BCUT2D eigenvalue weighted by Gasteiger charge is -2.11. The van der Waals surface area contributed by atoms with Gasteiger partial charge in [0.1, 0.15) is 10.8 Å². The molecule has 0 unspecified atom stereocenters. The summed E-state index contributed by atoms with van der Waals surface area (Å²) in [6, 6.07) is 3.69. The molecule has 6 heteroatoms. The molecule has 1 aromatic carbocycles. The number of hydrogen-bond acceptors (Lipinski definition) is 5. The lowest BCUT2D eigenvalue weighted by Crippen LogP contribution is -1.95. The van der Waals surface area contributed by atoms with E-state index in [1.54, 1.807) is 19.4 Å². The monoisotopic (exact) mass is 269 g/mol. The summed E-state index contributed by atoms with van der Waals surface area (Å²) in [7, 11) is 1.60. The van der Waals surface area contributed by atoms with Crippen LogP contribution in [0.3, 0.4) is 0 Å². The Bertz CT molecular complexity index is 542. The molecule has 90 valence electrons. The fourth-order valence-corrected chi connectivity index (χ4v) is 2.14. The van der Waals surface area contributed by atoms with Crippen molar-refractivity contribution in [2.45, 2.75) is 6.92 Å². The molecule has 0 spiro atoms. The van der Waals surface area contributed by atoms with Gasteiger partial charge in [0.25, 0.3) is 0 Å². The molecule has 3 N–H and O–H groups in total. The fourth-order valence-electron chi connectivity index (χ4n) is 1.39. The van der Waals surface area contributed by atoms with Crippen molar-refractivity contribution in [3.8, 4) is 5.75 Å². The van der Waals surface area contributed by atoms with Crippen LogP contribution < -0.4 is 15.8 Å². The van der Waals surface area contributed by atoms with Crippen LogP contribution in [0.25, 0.3) is 0 Å². The first-order valence-corrected chi connectivity index (χ1v) is 6.12. The molecule has 0 radical (unpaired) electrons. The number of hydrogen-bond donors (Lipinski definition) is 2. The summed E-state index contributed by atoms with van der Waals surface area (Å²) in [5.41, 5.74) is 7.42. The maximum Gasteiger partial charge on any atom is 0.189 e. The van der Waals surface area contributed by atoms with E-state index in [0.717, 1.165) is 16.4 Å². The van der Waals surface area contributed by atoms with Crippen LogP contribution in [-0.4, -0.2) is 12.1 Å². The highest BCUT2D eigenvalue weighted by Gasteiger charge is 2.08. The zero-order valence-corrected chi connectivity index (χ0v) is 11.0. The summed E-state index contributed by atoms with van der Waals surface area (Å²) in [5, 5.41) is 5.22. The summed E-state index contributed by atoms with van der Waals surface area (Å²) in [6.07, 6.45) is 1.61. The quantitative estimate of drug-likeness (QED) is 0.896. The molecule has 0 aliphatic carbocycles. The second-order valence-electron chi connectivity index (χ2n) is 3.49. The van der Waals surface area contributed by atoms with Gasteiger partial charge in [0, 0.05) is 11.1 Å². The number of nitrogens with two attached hydrogens (primary N) is 1. The highest BCUT2D eigenvalue weighted by atomic mass is 35.5. The third kappa shape index (κ3) is 2.62. The van der Waals surface area contributed by atoms with Crippen molar-refractivity contribution >= 4 is 38.8 Å². The van der Waals surface area contributed by atoms with Crippen molar-refractivity contribution in [1.82, 2.24) is 4.98 Å². The van der Waals surface area contributed by atoms with Gasteiger partial charge in [-0.25, -0.2) is 4.98 Å². The Morgan fingerprint density at radius 3 is 2.82 bits per heavy atom.